The van der Waals surface area contributed by atoms with E-state index >= 15 is 8.78 Å². The molecule has 0 bridgehead atoms. The molecule has 2 aromatic heterocycles. The minimum Gasteiger partial charge on any atom is -0.489 e. The van der Waals surface area contributed by atoms with Gasteiger partial charge in [0.1, 0.15) is 53.2 Å². The summed E-state index contributed by atoms with van der Waals surface area (Å²) < 4.78 is 65.5. The Hall–Kier alpha value is -4.57. The lowest BCUT2D eigenvalue weighted by Crippen LogP contribution is -2.43. The maximum atomic E-state index is 17.5. The van der Waals surface area contributed by atoms with Crippen molar-refractivity contribution in [3.05, 3.63) is 34.4 Å². The zero-order valence-electron chi connectivity index (χ0n) is 30.1. The largest absolute Gasteiger partial charge is 0.489 e. The maximum absolute atomic E-state index is 17.5. The van der Waals surface area contributed by atoms with Crippen molar-refractivity contribution in [3.8, 4) is 35.0 Å². The third kappa shape index (κ3) is 6.10. The average Bonchev–Trinajstić information content (AvgIpc) is 3.61. The fraction of sp³-hybridized carbons (Fsp3) is 0.500. The zero-order valence-corrected chi connectivity index (χ0v) is 31.6. The van der Waals surface area contributed by atoms with Crippen molar-refractivity contribution in [1.82, 2.24) is 14.9 Å². The normalized spacial score (nSPS) is 24.0. The summed E-state index contributed by atoms with van der Waals surface area (Å²) in [7, 11) is 0. The molecule has 5 atom stereocenters. The third-order valence-electron chi connectivity index (χ3n) is 10.9. The van der Waals surface area contributed by atoms with Gasteiger partial charge in [0.05, 0.1) is 44.7 Å². The average molecular weight is 780 g/mol. The van der Waals surface area contributed by atoms with Crippen molar-refractivity contribution in [3.63, 3.8) is 0 Å². The van der Waals surface area contributed by atoms with Crippen LogP contribution < -0.4 is 19.7 Å². The van der Waals surface area contributed by atoms with Crippen LogP contribution in [0.25, 0.3) is 32.1 Å². The van der Waals surface area contributed by atoms with E-state index in [0.29, 0.717) is 31.7 Å². The number of halogens is 4. The molecule has 1 aliphatic carbocycles. The van der Waals surface area contributed by atoms with E-state index in [0.717, 1.165) is 36.8 Å². The van der Waals surface area contributed by atoms with E-state index < -0.39 is 35.0 Å². The number of benzene rings is 2. The molecular weight excluding hydrogens is 743 g/mol. The smallest absolute Gasteiger partial charge is 0.412 e. The van der Waals surface area contributed by atoms with E-state index in [2.05, 4.69) is 21.3 Å². The quantitative estimate of drug-likeness (QED) is 0.195. The van der Waals surface area contributed by atoms with Crippen molar-refractivity contribution in [2.45, 2.75) is 76.7 Å². The molecule has 1 N–H and O–H groups in total. The number of carbonyl (C=O) groups excluding carboxylic acids is 1. The zero-order chi connectivity index (χ0) is 38.3. The van der Waals surface area contributed by atoms with Gasteiger partial charge in [0.25, 0.3) is 0 Å². The number of nitrogens with zero attached hydrogens (tertiary/aromatic N) is 6. The Kier molecular flexibility index (Phi) is 8.98. The second kappa shape index (κ2) is 13.3. The van der Waals surface area contributed by atoms with Gasteiger partial charge in [-0.25, -0.2) is 18.0 Å². The standard InChI is InChI=1S/C38H37ClF3N7O4S/c1-18(22-12-19(22)14-43)49-10-11-51-31-27-30(45-35(46-33(27)49)52-17-38-8-5-9-48(38)16-20(40)13-38)29(42)26(28(31)39)21-6-7-24(41)32-25(21)23(15-44)34(54-32)47-36(50)53-37(2,3)4/h6-7,18-20,22H,5,8-13,16-17H2,1-4H3,(H,47,50)/t18?,19?,20-,22?,38+/m1/s1. The van der Waals surface area contributed by atoms with Gasteiger partial charge < -0.3 is 19.1 Å². The number of nitriles is 2. The summed E-state index contributed by atoms with van der Waals surface area (Å²) in [4.78, 5) is 26.2. The van der Waals surface area contributed by atoms with Crippen molar-refractivity contribution in [1.29, 1.82) is 10.5 Å². The highest BCUT2D eigenvalue weighted by Gasteiger charge is 2.50. The molecule has 4 aliphatic rings. The van der Waals surface area contributed by atoms with E-state index in [-0.39, 0.29) is 90.6 Å². The van der Waals surface area contributed by atoms with Crippen LogP contribution in [-0.4, -0.2) is 77.2 Å². The maximum Gasteiger partial charge on any atom is 0.412 e. The van der Waals surface area contributed by atoms with Crippen molar-refractivity contribution < 1.29 is 32.2 Å². The molecule has 1 saturated carbocycles. The number of thiophene rings is 1. The molecule has 54 heavy (non-hydrogen) atoms. The summed E-state index contributed by atoms with van der Waals surface area (Å²) in [5, 5.41) is 22.6. The topological polar surface area (TPSA) is 137 Å². The molecular formula is C38H37ClF3N7O4S. The van der Waals surface area contributed by atoms with Gasteiger partial charge in [-0.05, 0) is 71.0 Å². The van der Waals surface area contributed by atoms with Gasteiger partial charge in [-0.15, -0.1) is 11.3 Å². The SMILES string of the molecule is CC(C1CC1C#N)N1CCOc2c(Cl)c(-c3ccc(F)c4sc(NC(=O)OC(C)(C)C)c(C#N)c34)c(F)c3nc(OC[C@@]45CCCN4C[C@H](F)C5)nc1c23. The van der Waals surface area contributed by atoms with Gasteiger partial charge in [0.15, 0.2) is 11.6 Å². The van der Waals surface area contributed by atoms with Gasteiger partial charge in [0, 0.05) is 30.0 Å². The predicted octanol–water partition coefficient (Wildman–Crippen LogP) is 8.36. The first-order chi connectivity index (χ1) is 25.7. The Labute approximate surface area is 318 Å². The Morgan fingerprint density at radius 1 is 1.24 bits per heavy atom. The summed E-state index contributed by atoms with van der Waals surface area (Å²) >= 11 is 7.91. The van der Waals surface area contributed by atoms with Crippen LogP contribution in [0.15, 0.2) is 12.1 Å². The molecule has 5 heterocycles. The van der Waals surface area contributed by atoms with E-state index in [4.69, 9.17) is 30.8 Å². The van der Waals surface area contributed by atoms with Gasteiger partial charge in [-0.2, -0.15) is 20.5 Å². The molecule has 3 unspecified atom stereocenters. The van der Waals surface area contributed by atoms with E-state index in [9.17, 15) is 19.7 Å². The number of hydrogen-bond acceptors (Lipinski definition) is 11. The first-order valence-electron chi connectivity index (χ1n) is 17.9. The molecule has 8 rings (SSSR count). The van der Waals surface area contributed by atoms with E-state index in [1.165, 1.54) is 6.07 Å². The van der Waals surface area contributed by atoms with Crippen molar-refractivity contribution in [2.24, 2.45) is 11.8 Å². The summed E-state index contributed by atoms with van der Waals surface area (Å²) in [5.41, 5.74) is -1.77. The molecule has 0 spiro atoms. The number of anilines is 2. The van der Waals surface area contributed by atoms with Crippen LogP contribution >= 0.6 is 22.9 Å². The molecule has 4 aromatic rings. The number of aromatic nitrogens is 2. The lowest BCUT2D eigenvalue weighted by atomic mass is 9.95. The van der Waals surface area contributed by atoms with Crippen LogP contribution in [0.1, 0.15) is 58.9 Å². The lowest BCUT2D eigenvalue weighted by molar-refractivity contribution is 0.0636. The fourth-order valence-corrected chi connectivity index (χ4v) is 9.78. The highest BCUT2D eigenvalue weighted by molar-refractivity contribution is 7.23. The third-order valence-corrected chi connectivity index (χ3v) is 12.4. The van der Waals surface area contributed by atoms with Crippen LogP contribution in [-0.2, 0) is 4.74 Å². The number of carbonyl (C=O) groups is 1. The predicted molar refractivity (Wildman–Crippen MR) is 198 cm³/mol. The first-order valence-corrected chi connectivity index (χ1v) is 19.1. The summed E-state index contributed by atoms with van der Waals surface area (Å²) in [6.07, 6.45) is 0.838. The van der Waals surface area contributed by atoms with Gasteiger partial charge in [-0.1, -0.05) is 17.7 Å². The number of ether oxygens (including phenoxy) is 3. The molecule has 3 aliphatic heterocycles. The molecule has 1 amide bonds. The molecule has 2 saturated heterocycles. The highest BCUT2D eigenvalue weighted by atomic mass is 35.5. The second-order valence-electron chi connectivity index (χ2n) is 15.5. The fourth-order valence-electron chi connectivity index (χ4n) is 8.37. The minimum absolute atomic E-state index is 0.00978. The van der Waals surface area contributed by atoms with Gasteiger partial charge in [-0.3, -0.25) is 10.2 Å². The number of alkyl halides is 1. The Morgan fingerprint density at radius 3 is 2.76 bits per heavy atom. The minimum atomic E-state index is -0.983. The molecule has 282 valence electrons. The van der Waals surface area contributed by atoms with E-state index in [1.54, 1.807) is 20.8 Å². The van der Waals surface area contributed by atoms with Crippen LogP contribution in [0, 0.1) is 46.1 Å². The Bertz CT molecular complexity index is 2310. The van der Waals surface area contributed by atoms with Crippen molar-refractivity contribution in [2.75, 3.05) is 43.1 Å². The van der Waals surface area contributed by atoms with Crippen LogP contribution in [0.4, 0.5) is 28.8 Å². The molecule has 3 fully saturated rings. The molecule has 2 aromatic carbocycles. The monoisotopic (exact) mass is 779 g/mol. The van der Waals surface area contributed by atoms with Crippen LogP contribution in [0.5, 0.6) is 11.8 Å². The summed E-state index contributed by atoms with van der Waals surface area (Å²) in [5.74, 6) is -1.23. The van der Waals surface area contributed by atoms with Crippen LogP contribution in [0.2, 0.25) is 5.02 Å². The molecule has 11 nitrogen and oxygen atoms in total. The second-order valence-corrected chi connectivity index (χ2v) is 16.9. The summed E-state index contributed by atoms with van der Waals surface area (Å²) in [6, 6.07) is 6.55. The number of fused-ring (bicyclic) bond motifs is 2. The Balaban J connectivity index is 1.30. The van der Waals surface area contributed by atoms with Crippen LogP contribution in [0.3, 0.4) is 0 Å². The highest BCUT2D eigenvalue weighted by Crippen LogP contribution is 2.52. The van der Waals surface area contributed by atoms with Gasteiger partial charge >= 0.3 is 12.1 Å². The van der Waals surface area contributed by atoms with Gasteiger partial charge in [0.2, 0.25) is 0 Å². The Morgan fingerprint density at radius 2 is 2.04 bits per heavy atom. The number of amides is 1. The first kappa shape index (κ1) is 36.4. The molecule has 0 radical (unpaired) electrons. The molecule has 16 heteroatoms. The number of hydrogen-bond donors (Lipinski definition) is 1. The summed E-state index contributed by atoms with van der Waals surface area (Å²) in [6.45, 7) is 8.66. The van der Waals surface area contributed by atoms with E-state index in [1.807, 2.05) is 17.9 Å². The number of rotatable bonds is 7. The number of nitrogens with one attached hydrogen (secondary N) is 1. The van der Waals surface area contributed by atoms with Crippen molar-refractivity contribution >= 4 is 60.8 Å². The lowest BCUT2D eigenvalue weighted by Gasteiger charge is -2.32.